The molecule has 0 atom stereocenters. The van der Waals surface area contributed by atoms with E-state index in [0.717, 1.165) is 12.2 Å². The first-order valence-corrected chi connectivity index (χ1v) is 6.07. The third-order valence-electron chi connectivity index (χ3n) is 2.54. The summed E-state index contributed by atoms with van der Waals surface area (Å²) in [4.78, 5) is 4.16. The molecule has 3 N–H and O–H groups in total. The molecule has 2 aromatic rings. The smallest absolute Gasteiger partial charge is 0.244 e. The molecule has 0 aliphatic heterocycles. The lowest BCUT2D eigenvalue weighted by atomic mass is 10.2. The van der Waals surface area contributed by atoms with Crippen LogP contribution in [0.15, 0.2) is 24.3 Å². The monoisotopic (exact) mass is 256 g/mol. The lowest BCUT2D eigenvalue weighted by Crippen LogP contribution is -2.09. The number of hydrogen-bond donors (Lipinski definition) is 2. The number of aromatic nitrogens is 3. The van der Waals surface area contributed by atoms with E-state index in [0.29, 0.717) is 23.4 Å². The highest BCUT2D eigenvalue weighted by Crippen LogP contribution is 2.14. The van der Waals surface area contributed by atoms with Crippen LogP contribution in [-0.2, 0) is 0 Å². The van der Waals surface area contributed by atoms with Crippen LogP contribution in [0.2, 0.25) is 0 Å². The zero-order valence-electron chi connectivity index (χ0n) is 11.0. The molecule has 0 fully saturated rings. The highest BCUT2D eigenvalue weighted by atomic mass is 15.4. The molecule has 2 rings (SSSR count). The van der Waals surface area contributed by atoms with Gasteiger partial charge in [-0.1, -0.05) is 13.8 Å². The molecule has 98 valence electrons. The lowest BCUT2D eigenvalue weighted by Gasteiger charge is -2.04. The zero-order chi connectivity index (χ0) is 13.8. The average Bonchev–Trinajstić information content (AvgIpc) is 2.78. The number of anilines is 2. The average molecular weight is 256 g/mol. The van der Waals surface area contributed by atoms with Crippen molar-refractivity contribution in [3.05, 3.63) is 29.8 Å². The first kappa shape index (κ1) is 12.9. The third-order valence-corrected chi connectivity index (χ3v) is 2.54. The Hall–Kier alpha value is -2.55. The number of nitrogens with zero attached hydrogens (tertiary/aromatic N) is 4. The molecule has 0 saturated heterocycles. The van der Waals surface area contributed by atoms with Gasteiger partial charge in [-0.05, 0) is 30.2 Å². The maximum Gasteiger partial charge on any atom is 0.244 e. The lowest BCUT2D eigenvalue weighted by molar-refractivity contribution is 0.684. The predicted octanol–water partition coefficient (Wildman–Crippen LogP) is 1.79. The van der Waals surface area contributed by atoms with Gasteiger partial charge >= 0.3 is 0 Å². The van der Waals surface area contributed by atoms with Crippen LogP contribution in [0.1, 0.15) is 19.4 Å². The van der Waals surface area contributed by atoms with Gasteiger partial charge in [0, 0.05) is 6.54 Å². The van der Waals surface area contributed by atoms with E-state index in [1.54, 1.807) is 28.9 Å². The van der Waals surface area contributed by atoms with Crippen LogP contribution in [0.5, 0.6) is 0 Å². The van der Waals surface area contributed by atoms with Crippen LogP contribution in [0.3, 0.4) is 0 Å². The predicted molar refractivity (Wildman–Crippen MR) is 73.8 cm³/mol. The molecule has 0 bridgehead atoms. The van der Waals surface area contributed by atoms with Crippen LogP contribution in [-0.4, -0.2) is 21.3 Å². The summed E-state index contributed by atoms with van der Waals surface area (Å²) in [7, 11) is 0. The quantitative estimate of drug-likeness (QED) is 0.870. The summed E-state index contributed by atoms with van der Waals surface area (Å²) < 4.78 is 1.55. The van der Waals surface area contributed by atoms with E-state index < -0.39 is 0 Å². The van der Waals surface area contributed by atoms with Gasteiger partial charge in [-0.15, -0.1) is 5.10 Å². The van der Waals surface area contributed by atoms with Crippen molar-refractivity contribution in [3.8, 4) is 11.8 Å². The Morgan fingerprint density at radius 3 is 2.63 bits per heavy atom. The molecule has 19 heavy (non-hydrogen) atoms. The molecule has 0 radical (unpaired) electrons. The number of nitriles is 1. The van der Waals surface area contributed by atoms with Gasteiger partial charge in [0.25, 0.3) is 0 Å². The molecule has 6 nitrogen and oxygen atoms in total. The molecule has 0 aliphatic rings. The minimum absolute atomic E-state index is 0.316. The Morgan fingerprint density at radius 1 is 1.37 bits per heavy atom. The van der Waals surface area contributed by atoms with E-state index in [9.17, 15) is 0 Å². The largest absolute Gasteiger partial charge is 0.368 e. The summed E-state index contributed by atoms with van der Waals surface area (Å²) in [6.07, 6.45) is 0. The van der Waals surface area contributed by atoms with E-state index in [1.165, 1.54) is 0 Å². The summed E-state index contributed by atoms with van der Waals surface area (Å²) in [6.45, 7) is 5.00. The molecule has 1 heterocycles. The van der Waals surface area contributed by atoms with E-state index in [4.69, 9.17) is 11.0 Å². The van der Waals surface area contributed by atoms with Crippen LogP contribution in [0.25, 0.3) is 5.69 Å². The summed E-state index contributed by atoms with van der Waals surface area (Å²) in [5.41, 5.74) is 7.21. The van der Waals surface area contributed by atoms with E-state index in [1.807, 2.05) is 0 Å². The van der Waals surface area contributed by atoms with Gasteiger partial charge in [0.1, 0.15) is 0 Å². The zero-order valence-corrected chi connectivity index (χ0v) is 11.0. The minimum Gasteiger partial charge on any atom is -0.368 e. The SMILES string of the molecule is CC(C)CNc1nc(N)n(-c2ccc(C#N)cc2)n1. The van der Waals surface area contributed by atoms with Crippen molar-refractivity contribution in [1.82, 2.24) is 14.8 Å². The minimum atomic E-state index is 0.316. The van der Waals surface area contributed by atoms with Gasteiger partial charge in [0.15, 0.2) is 0 Å². The van der Waals surface area contributed by atoms with E-state index in [2.05, 4.69) is 35.3 Å². The Morgan fingerprint density at radius 2 is 2.05 bits per heavy atom. The topological polar surface area (TPSA) is 92.5 Å². The highest BCUT2D eigenvalue weighted by Gasteiger charge is 2.08. The second-order valence-corrected chi connectivity index (χ2v) is 4.64. The third kappa shape index (κ3) is 3.01. The van der Waals surface area contributed by atoms with Crippen molar-refractivity contribution in [3.63, 3.8) is 0 Å². The van der Waals surface area contributed by atoms with Gasteiger partial charge in [-0.3, -0.25) is 0 Å². The number of nitrogens with two attached hydrogens (primary N) is 1. The summed E-state index contributed by atoms with van der Waals surface area (Å²) in [5, 5.41) is 16.2. The fourth-order valence-electron chi connectivity index (χ4n) is 1.56. The van der Waals surface area contributed by atoms with Crippen LogP contribution < -0.4 is 11.1 Å². The summed E-state index contributed by atoms with van der Waals surface area (Å²) in [5.74, 6) is 1.33. The summed E-state index contributed by atoms with van der Waals surface area (Å²) >= 11 is 0. The first-order valence-electron chi connectivity index (χ1n) is 6.07. The second kappa shape index (κ2) is 5.40. The van der Waals surface area contributed by atoms with Crippen LogP contribution in [0, 0.1) is 17.2 Å². The van der Waals surface area contributed by atoms with Crippen molar-refractivity contribution in [1.29, 1.82) is 5.26 Å². The Balaban J connectivity index is 2.22. The van der Waals surface area contributed by atoms with Gasteiger partial charge in [0.05, 0.1) is 17.3 Å². The number of nitrogens with one attached hydrogen (secondary N) is 1. The first-order chi connectivity index (χ1) is 9.10. The number of nitrogen functional groups attached to an aromatic ring is 1. The normalized spacial score (nSPS) is 10.4. The van der Waals surface area contributed by atoms with Gasteiger partial charge in [0.2, 0.25) is 11.9 Å². The van der Waals surface area contributed by atoms with Crippen LogP contribution in [0.4, 0.5) is 11.9 Å². The van der Waals surface area contributed by atoms with Crippen molar-refractivity contribution in [2.24, 2.45) is 5.92 Å². The molecule has 0 amide bonds. The molecule has 6 heteroatoms. The van der Waals surface area contributed by atoms with E-state index >= 15 is 0 Å². The number of benzene rings is 1. The van der Waals surface area contributed by atoms with Crippen molar-refractivity contribution in [2.45, 2.75) is 13.8 Å². The highest BCUT2D eigenvalue weighted by molar-refractivity contribution is 5.44. The molecule has 0 saturated carbocycles. The van der Waals surface area contributed by atoms with Crippen molar-refractivity contribution >= 4 is 11.9 Å². The standard InChI is InChI=1S/C13H16N6/c1-9(2)8-16-13-17-12(15)19(18-13)11-5-3-10(7-14)4-6-11/h3-6,9H,8H2,1-2H3,(H3,15,16,17,18). The number of hydrogen-bond acceptors (Lipinski definition) is 5. The van der Waals surface area contributed by atoms with Crippen molar-refractivity contribution in [2.75, 3.05) is 17.6 Å². The molecule has 0 unspecified atom stereocenters. The molecule has 1 aromatic heterocycles. The molecule has 1 aromatic carbocycles. The van der Waals surface area contributed by atoms with Crippen LogP contribution >= 0.6 is 0 Å². The number of rotatable bonds is 4. The van der Waals surface area contributed by atoms with Gasteiger partial charge in [-0.2, -0.15) is 14.9 Å². The molecule has 0 aliphatic carbocycles. The summed E-state index contributed by atoms with van der Waals surface area (Å²) in [6, 6.07) is 9.08. The maximum atomic E-state index is 8.76. The molecular weight excluding hydrogens is 240 g/mol. The van der Waals surface area contributed by atoms with Gasteiger partial charge in [-0.25, -0.2) is 0 Å². The maximum absolute atomic E-state index is 8.76. The Labute approximate surface area is 111 Å². The Kier molecular flexibility index (Phi) is 3.66. The molecule has 0 spiro atoms. The van der Waals surface area contributed by atoms with E-state index in [-0.39, 0.29) is 0 Å². The molecular formula is C13H16N6. The van der Waals surface area contributed by atoms with Gasteiger partial charge < -0.3 is 11.1 Å². The fourth-order valence-corrected chi connectivity index (χ4v) is 1.56. The second-order valence-electron chi connectivity index (χ2n) is 4.64. The Bertz CT molecular complexity index is 591. The fraction of sp³-hybridized carbons (Fsp3) is 0.308. The van der Waals surface area contributed by atoms with Crippen molar-refractivity contribution < 1.29 is 0 Å².